The van der Waals surface area contributed by atoms with E-state index in [9.17, 15) is 9.59 Å². The van der Waals surface area contributed by atoms with Crippen molar-refractivity contribution in [2.75, 3.05) is 10.6 Å². The van der Waals surface area contributed by atoms with Gasteiger partial charge in [0, 0.05) is 21.6 Å². The molecule has 0 spiro atoms. The van der Waals surface area contributed by atoms with Gasteiger partial charge in [-0.15, -0.1) is 11.3 Å². The van der Waals surface area contributed by atoms with Gasteiger partial charge >= 0.3 is 6.03 Å². The van der Waals surface area contributed by atoms with Gasteiger partial charge in [0.15, 0.2) is 5.13 Å². The Labute approximate surface area is 171 Å². The number of urea groups is 1. The van der Waals surface area contributed by atoms with Crippen LogP contribution in [0.5, 0.6) is 0 Å². The van der Waals surface area contributed by atoms with E-state index in [0.717, 1.165) is 28.6 Å². The number of carbonyl (C=O) groups is 2. The highest BCUT2D eigenvalue weighted by atomic mass is 79.9. The summed E-state index contributed by atoms with van der Waals surface area (Å²) in [6, 6.07) is 5.68. The number of benzene rings is 1. The van der Waals surface area contributed by atoms with Gasteiger partial charge in [-0.1, -0.05) is 35.2 Å². The van der Waals surface area contributed by atoms with Crippen molar-refractivity contribution in [3.63, 3.8) is 0 Å². The zero-order chi connectivity index (χ0) is 19.2. The van der Waals surface area contributed by atoms with Crippen molar-refractivity contribution in [3.05, 3.63) is 39.3 Å². The quantitative estimate of drug-likeness (QED) is 0.608. The van der Waals surface area contributed by atoms with Crippen LogP contribution >= 0.6 is 27.3 Å². The first kappa shape index (κ1) is 19.8. The number of nitrogens with one attached hydrogen (secondary N) is 3. The van der Waals surface area contributed by atoms with Gasteiger partial charge < -0.3 is 10.6 Å². The summed E-state index contributed by atoms with van der Waals surface area (Å²) in [7, 11) is 0. The van der Waals surface area contributed by atoms with Crippen molar-refractivity contribution in [2.24, 2.45) is 0 Å². The molecule has 1 heterocycles. The lowest BCUT2D eigenvalue weighted by molar-refractivity contribution is -0.115. The van der Waals surface area contributed by atoms with Crippen molar-refractivity contribution in [1.29, 1.82) is 0 Å². The maximum Gasteiger partial charge on any atom is 0.321 e. The minimum Gasteiger partial charge on any atom is -0.335 e. The monoisotopic (exact) mass is 450 g/mol. The Morgan fingerprint density at radius 3 is 2.74 bits per heavy atom. The van der Waals surface area contributed by atoms with Crippen LogP contribution in [0.1, 0.15) is 43.4 Å². The van der Waals surface area contributed by atoms with Crippen LogP contribution in [-0.4, -0.2) is 23.0 Å². The van der Waals surface area contributed by atoms with Crippen LogP contribution in [0.2, 0.25) is 0 Å². The molecule has 0 radical (unpaired) electrons. The number of anilines is 2. The molecule has 0 aliphatic heterocycles. The molecule has 3 N–H and O–H groups in total. The summed E-state index contributed by atoms with van der Waals surface area (Å²) in [6.07, 6.45) is 5.81. The second-order valence-electron chi connectivity index (χ2n) is 6.77. The second kappa shape index (κ2) is 9.32. The molecule has 144 valence electrons. The lowest BCUT2D eigenvalue weighted by Crippen LogP contribution is -2.39. The van der Waals surface area contributed by atoms with Gasteiger partial charge in [0.2, 0.25) is 5.91 Å². The summed E-state index contributed by atoms with van der Waals surface area (Å²) < 4.78 is 1.00. The number of hydrogen-bond acceptors (Lipinski definition) is 4. The molecule has 1 fully saturated rings. The third kappa shape index (κ3) is 6.04. The number of nitrogens with zero attached hydrogens (tertiary/aromatic N) is 1. The van der Waals surface area contributed by atoms with Crippen molar-refractivity contribution >= 4 is 50.0 Å². The average molecular weight is 451 g/mol. The van der Waals surface area contributed by atoms with Gasteiger partial charge in [-0.2, -0.15) is 0 Å². The van der Waals surface area contributed by atoms with E-state index in [-0.39, 0.29) is 24.4 Å². The Balaban J connectivity index is 1.48. The number of halogens is 1. The third-order valence-corrected chi connectivity index (χ3v) is 6.19. The molecule has 1 aliphatic carbocycles. The highest BCUT2D eigenvalue weighted by Gasteiger charge is 2.16. The fraction of sp³-hybridized carbons (Fsp3) is 0.421. The van der Waals surface area contributed by atoms with Crippen molar-refractivity contribution in [2.45, 2.75) is 51.5 Å². The largest absolute Gasteiger partial charge is 0.335 e. The Morgan fingerprint density at radius 2 is 2.00 bits per heavy atom. The Kier molecular flexibility index (Phi) is 6.84. The lowest BCUT2D eigenvalue weighted by Gasteiger charge is -2.22. The number of hydrogen-bond donors (Lipinski definition) is 3. The maximum absolute atomic E-state index is 12.2. The van der Waals surface area contributed by atoms with Crippen LogP contribution in [0.25, 0.3) is 0 Å². The smallest absolute Gasteiger partial charge is 0.321 e. The molecule has 0 unspecified atom stereocenters. The van der Waals surface area contributed by atoms with Gasteiger partial charge in [0.1, 0.15) is 0 Å². The minimum absolute atomic E-state index is 0.139. The minimum atomic E-state index is -0.224. The normalized spacial score (nSPS) is 14.6. The van der Waals surface area contributed by atoms with Gasteiger partial charge in [-0.05, 0) is 43.5 Å². The highest BCUT2D eigenvalue weighted by molar-refractivity contribution is 9.10. The van der Waals surface area contributed by atoms with Crippen molar-refractivity contribution in [3.8, 4) is 0 Å². The highest BCUT2D eigenvalue weighted by Crippen LogP contribution is 2.21. The molecule has 8 heteroatoms. The predicted molar refractivity (Wildman–Crippen MR) is 112 cm³/mol. The van der Waals surface area contributed by atoms with E-state index < -0.39 is 0 Å². The molecule has 3 amide bonds. The zero-order valence-electron chi connectivity index (χ0n) is 15.2. The summed E-state index contributed by atoms with van der Waals surface area (Å²) in [5.74, 6) is -0.139. The molecule has 0 atom stereocenters. The van der Waals surface area contributed by atoms with E-state index in [1.807, 2.05) is 25.1 Å². The molecule has 27 heavy (non-hydrogen) atoms. The fourth-order valence-corrected chi connectivity index (χ4v) is 4.06. The van der Waals surface area contributed by atoms with Crippen molar-refractivity contribution in [1.82, 2.24) is 10.3 Å². The molecule has 2 aromatic rings. The molecule has 0 saturated heterocycles. The van der Waals surface area contributed by atoms with E-state index in [2.05, 4.69) is 36.9 Å². The standard InChI is InChI=1S/C19H23BrN4O2S/c1-12-9-14(7-8-16(12)20)21-17(25)10-15-11-27-19(23-15)24-18(26)22-13-5-3-2-4-6-13/h7-9,11,13H,2-6,10H2,1H3,(H,21,25)(H2,22,23,24,26). The zero-order valence-corrected chi connectivity index (χ0v) is 17.6. The predicted octanol–water partition coefficient (Wildman–Crippen LogP) is 4.85. The molecule has 3 rings (SSSR count). The molecular formula is C19H23BrN4O2S. The van der Waals surface area contributed by atoms with E-state index in [0.29, 0.717) is 10.8 Å². The first-order valence-electron chi connectivity index (χ1n) is 9.07. The van der Waals surface area contributed by atoms with E-state index in [4.69, 9.17) is 0 Å². The molecule has 0 bridgehead atoms. The molecule has 6 nitrogen and oxygen atoms in total. The Hall–Kier alpha value is -1.93. The summed E-state index contributed by atoms with van der Waals surface area (Å²) >= 11 is 4.77. The van der Waals surface area contributed by atoms with Crippen LogP contribution < -0.4 is 16.0 Å². The summed E-state index contributed by atoms with van der Waals surface area (Å²) in [5, 5.41) is 10.9. The first-order chi connectivity index (χ1) is 13.0. The number of aryl methyl sites for hydroxylation is 1. The molecule has 1 aromatic heterocycles. The molecule has 1 saturated carbocycles. The van der Waals surface area contributed by atoms with E-state index >= 15 is 0 Å². The SMILES string of the molecule is Cc1cc(NC(=O)Cc2csc(NC(=O)NC3CCCCC3)n2)ccc1Br. The van der Waals surface area contributed by atoms with Gasteiger partial charge in [-0.25, -0.2) is 9.78 Å². The summed E-state index contributed by atoms with van der Waals surface area (Å²) in [6.45, 7) is 1.97. The number of aromatic nitrogens is 1. The van der Waals surface area contributed by atoms with E-state index in [1.165, 1.54) is 30.6 Å². The Morgan fingerprint density at radius 1 is 1.22 bits per heavy atom. The Bertz CT molecular complexity index is 818. The maximum atomic E-state index is 12.2. The first-order valence-corrected chi connectivity index (χ1v) is 10.7. The van der Waals surface area contributed by atoms with Gasteiger partial charge in [-0.3, -0.25) is 10.1 Å². The fourth-order valence-electron chi connectivity index (χ4n) is 3.10. The molecule has 1 aliphatic rings. The number of amides is 3. The molecule has 1 aromatic carbocycles. The van der Waals surface area contributed by atoms with Crippen LogP contribution in [0.3, 0.4) is 0 Å². The average Bonchev–Trinajstić information content (AvgIpc) is 3.05. The van der Waals surface area contributed by atoms with Gasteiger partial charge in [0.05, 0.1) is 12.1 Å². The van der Waals surface area contributed by atoms with Crippen LogP contribution in [-0.2, 0) is 11.2 Å². The van der Waals surface area contributed by atoms with Crippen LogP contribution in [0.15, 0.2) is 28.1 Å². The number of thiazole rings is 1. The van der Waals surface area contributed by atoms with Crippen LogP contribution in [0, 0.1) is 6.92 Å². The van der Waals surface area contributed by atoms with Crippen LogP contribution in [0.4, 0.5) is 15.6 Å². The number of carbonyl (C=O) groups excluding carboxylic acids is 2. The van der Waals surface area contributed by atoms with Crippen molar-refractivity contribution < 1.29 is 9.59 Å². The number of rotatable bonds is 5. The molecular weight excluding hydrogens is 428 g/mol. The van der Waals surface area contributed by atoms with Gasteiger partial charge in [0.25, 0.3) is 0 Å². The third-order valence-electron chi connectivity index (χ3n) is 4.50. The van der Waals surface area contributed by atoms with E-state index in [1.54, 1.807) is 5.38 Å². The summed E-state index contributed by atoms with van der Waals surface area (Å²) in [4.78, 5) is 28.6. The topological polar surface area (TPSA) is 83.1 Å². The summed E-state index contributed by atoms with van der Waals surface area (Å²) in [5.41, 5.74) is 2.44. The second-order valence-corrected chi connectivity index (χ2v) is 8.48. The lowest BCUT2D eigenvalue weighted by atomic mass is 9.96.